The molecule has 1 amide bonds. The van der Waals surface area contributed by atoms with Gasteiger partial charge in [-0.3, -0.25) is 4.57 Å². The molecule has 4 rings (SSSR count). The van der Waals surface area contributed by atoms with Crippen molar-refractivity contribution in [2.75, 3.05) is 19.7 Å². The minimum Gasteiger partial charge on any atom is -0.464 e. The van der Waals surface area contributed by atoms with E-state index in [2.05, 4.69) is 15.6 Å². The largest absolute Gasteiger partial charge is 0.464 e. The normalized spacial score (nSPS) is 16.2. The van der Waals surface area contributed by atoms with Crippen molar-refractivity contribution < 1.29 is 14.3 Å². The zero-order valence-corrected chi connectivity index (χ0v) is 18.7. The zero-order chi connectivity index (χ0) is 22.7. The van der Waals surface area contributed by atoms with E-state index in [1.807, 2.05) is 69.3 Å². The summed E-state index contributed by atoms with van der Waals surface area (Å²) < 4.78 is 13.7. The van der Waals surface area contributed by atoms with Crippen LogP contribution in [0.25, 0.3) is 11.0 Å². The van der Waals surface area contributed by atoms with Crippen molar-refractivity contribution in [3.05, 3.63) is 59.7 Å². The molecule has 1 fully saturated rings. The summed E-state index contributed by atoms with van der Waals surface area (Å²) in [7, 11) is 0. The Labute approximate surface area is 188 Å². The van der Waals surface area contributed by atoms with Crippen molar-refractivity contribution >= 4 is 17.1 Å². The third kappa shape index (κ3) is 5.02. The highest BCUT2D eigenvalue weighted by Crippen LogP contribution is 2.25. The van der Waals surface area contributed by atoms with E-state index >= 15 is 0 Å². The van der Waals surface area contributed by atoms with Crippen LogP contribution in [0.5, 0.6) is 6.01 Å². The number of likely N-dealkylation sites (tertiary alicyclic amines) is 1. The van der Waals surface area contributed by atoms with E-state index in [-0.39, 0.29) is 12.0 Å². The number of hydrogen-bond acceptors (Lipinski definition) is 5. The van der Waals surface area contributed by atoms with Crippen molar-refractivity contribution in [1.82, 2.24) is 14.5 Å². The van der Waals surface area contributed by atoms with Crippen LogP contribution in [-0.4, -0.2) is 45.8 Å². The molecule has 0 radical (unpaired) electrons. The maximum Gasteiger partial charge on any atom is 0.410 e. The van der Waals surface area contributed by atoms with E-state index in [0.29, 0.717) is 37.8 Å². The molecule has 1 atom stereocenters. The lowest BCUT2D eigenvalue weighted by atomic mass is 10.1. The number of amides is 1. The Kier molecular flexibility index (Phi) is 6.04. The fourth-order valence-electron chi connectivity index (χ4n) is 3.84. The van der Waals surface area contributed by atoms with Gasteiger partial charge in [-0.1, -0.05) is 24.3 Å². The summed E-state index contributed by atoms with van der Waals surface area (Å²) in [6, 6.07) is 18.2. The number of nitriles is 1. The minimum atomic E-state index is -0.498. The molecule has 0 saturated carbocycles. The monoisotopic (exact) mass is 432 g/mol. The highest BCUT2D eigenvalue weighted by Gasteiger charge is 2.30. The number of aromatic nitrogens is 2. The standard InChI is InChI=1S/C25H28N4O3/c1-25(2,3)32-24(30)28-13-12-20(15-28)17-31-23-27-21-6-4-5-7-22(21)29(23)16-19-10-8-18(14-26)9-11-19/h4-11,20H,12-13,15-17H2,1-3H3/t20-/m1/s1. The van der Waals surface area contributed by atoms with Crippen molar-refractivity contribution in [2.45, 2.75) is 39.3 Å². The smallest absolute Gasteiger partial charge is 0.410 e. The van der Waals surface area contributed by atoms with Gasteiger partial charge >= 0.3 is 6.09 Å². The molecule has 7 nitrogen and oxygen atoms in total. The molecule has 2 heterocycles. The molecule has 1 aliphatic heterocycles. The first-order chi connectivity index (χ1) is 15.3. The van der Waals surface area contributed by atoms with Crippen LogP contribution in [0.2, 0.25) is 0 Å². The average molecular weight is 433 g/mol. The molecular formula is C25H28N4O3. The van der Waals surface area contributed by atoms with E-state index in [1.165, 1.54) is 0 Å². The molecule has 0 spiro atoms. The Balaban J connectivity index is 1.46. The molecule has 1 saturated heterocycles. The summed E-state index contributed by atoms with van der Waals surface area (Å²) in [6.07, 6.45) is 0.600. The fraction of sp³-hybridized carbons (Fsp3) is 0.400. The van der Waals surface area contributed by atoms with Gasteiger partial charge in [-0.05, 0) is 57.0 Å². The van der Waals surface area contributed by atoms with Gasteiger partial charge in [0.05, 0.1) is 35.8 Å². The van der Waals surface area contributed by atoms with Crippen molar-refractivity contribution in [3.8, 4) is 12.1 Å². The van der Waals surface area contributed by atoms with Crippen LogP contribution < -0.4 is 4.74 Å². The van der Waals surface area contributed by atoms with Crippen LogP contribution in [0.15, 0.2) is 48.5 Å². The molecule has 0 bridgehead atoms. The molecule has 7 heteroatoms. The molecule has 0 aliphatic carbocycles. The maximum atomic E-state index is 12.3. The Morgan fingerprint density at radius 1 is 1.19 bits per heavy atom. The van der Waals surface area contributed by atoms with Crippen LogP contribution in [-0.2, 0) is 11.3 Å². The lowest BCUT2D eigenvalue weighted by Gasteiger charge is -2.24. The van der Waals surface area contributed by atoms with Gasteiger partial charge < -0.3 is 14.4 Å². The van der Waals surface area contributed by atoms with E-state index in [9.17, 15) is 4.79 Å². The van der Waals surface area contributed by atoms with Crippen LogP contribution in [0.3, 0.4) is 0 Å². The number of benzene rings is 2. The zero-order valence-electron chi connectivity index (χ0n) is 18.7. The van der Waals surface area contributed by atoms with E-state index in [4.69, 9.17) is 14.7 Å². The molecule has 3 aromatic rings. The third-order valence-corrected chi connectivity index (χ3v) is 5.43. The number of hydrogen-bond donors (Lipinski definition) is 0. The Bertz CT molecular complexity index is 1140. The van der Waals surface area contributed by atoms with Gasteiger partial charge in [0, 0.05) is 19.0 Å². The lowest BCUT2D eigenvalue weighted by Crippen LogP contribution is -2.35. The first kappa shape index (κ1) is 21.7. The second kappa shape index (κ2) is 8.91. The lowest BCUT2D eigenvalue weighted by molar-refractivity contribution is 0.0284. The predicted molar refractivity (Wildman–Crippen MR) is 121 cm³/mol. The summed E-state index contributed by atoms with van der Waals surface area (Å²) in [4.78, 5) is 18.8. The van der Waals surface area contributed by atoms with Gasteiger partial charge in [0.15, 0.2) is 0 Å². The number of ether oxygens (including phenoxy) is 2. The molecular weight excluding hydrogens is 404 g/mol. The molecule has 166 valence electrons. The van der Waals surface area contributed by atoms with E-state index < -0.39 is 5.60 Å². The highest BCUT2D eigenvalue weighted by atomic mass is 16.6. The van der Waals surface area contributed by atoms with Gasteiger partial charge in [-0.15, -0.1) is 0 Å². The SMILES string of the molecule is CC(C)(C)OC(=O)N1CC[C@@H](COc2nc3ccccc3n2Cc2ccc(C#N)cc2)C1. The Morgan fingerprint density at radius 3 is 2.66 bits per heavy atom. The second-order valence-corrected chi connectivity index (χ2v) is 9.17. The Hall–Kier alpha value is -3.53. The summed E-state index contributed by atoms with van der Waals surface area (Å²) in [5.74, 6) is 0.227. The predicted octanol–water partition coefficient (Wildman–Crippen LogP) is 4.59. The van der Waals surface area contributed by atoms with Crippen molar-refractivity contribution in [3.63, 3.8) is 0 Å². The van der Waals surface area contributed by atoms with Crippen LogP contribution in [0.4, 0.5) is 4.79 Å². The van der Waals surface area contributed by atoms with Crippen molar-refractivity contribution in [1.29, 1.82) is 5.26 Å². The third-order valence-electron chi connectivity index (χ3n) is 5.43. The van der Waals surface area contributed by atoms with E-state index in [1.54, 1.807) is 4.90 Å². The highest BCUT2D eigenvalue weighted by molar-refractivity contribution is 5.76. The van der Waals surface area contributed by atoms with Gasteiger partial charge in [-0.2, -0.15) is 10.2 Å². The number of imidazole rings is 1. The summed E-state index contributed by atoms with van der Waals surface area (Å²) >= 11 is 0. The average Bonchev–Trinajstić information content (AvgIpc) is 3.37. The van der Waals surface area contributed by atoms with Gasteiger partial charge in [-0.25, -0.2) is 4.79 Å². The first-order valence-electron chi connectivity index (χ1n) is 10.9. The van der Waals surface area contributed by atoms with E-state index in [0.717, 1.165) is 23.0 Å². The molecule has 0 unspecified atom stereocenters. The molecule has 2 aromatic carbocycles. The minimum absolute atomic E-state index is 0.227. The maximum absolute atomic E-state index is 12.3. The molecule has 1 aromatic heterocycles. The summed E-state index contributed by atoms with van der Waals surface area (Å²) in [5.41, 5.74) is 3.07. The Morgan fingerprint density at radius 2 is 1.94 bits per heavy atom. The summed E-state index contributed by atoms with van der Waals surface area (Å²) in [5, 5.41) is 9.04. The number of carbonyl (C=O) groups is 1. The van der Waals surface area contributed by atoms with Crippen LogP contribution in [0.1, 0.15) is 38.3 Å². The number of nitrogens with zero attached hydrogens (tertiary/aromatic N) is 4. The number of carbonyl (C=O) groups excluding carboxylic acids is 1. The summed E-state index contributed by atoms with van der Waals surface area (Å²) in [6.45, 7) is 7.99. The quantitative estimate of drug-likeness (QED) is 0.589. The molecule has 0 N–H and O–H groups in total. The topological polar surface area (TPSA) is 80.4 Å². The number of rotatable bonds is 5. The second-order valence-electron chi connectivity index (χ2n) is 9.17. The molecule has 1 aliphatic rings. The fourth-order valence-corrected chi connectivity index (χ4v) is 3.84. The van der Waals surface area contributed by atoms with Gasteiger partial charge in [0.2, 0.25) is 0 Å². The number of fused-ring (bicyclic) bond motifs is 1. The van der Waals surface area contributed by atoms with Crippen molar-refractivity contribution in [2.24, 2.45) is 5.92 Å². The molecule has 32 heavy (non-hydrogen) atoms. The first-order valence-corrected chi connectivity index (χ1v) is 10.9. The van der Waals surface area contributed by atoms with Gasteiger partial charge in [0.25, 0.3) is 6.01 Å². The van der Waals surface area contributed by atoms with Crippen LogP contribution in [0, 0.1) is 17.2 Å². The number of para-hydroxylation sites is 2. The van der Waals surface area contributed by atoms with Crippen LogP contribution >= 0.6 is 0 Å². The van der Waals surface area contributed by atoms with Gasteiger partial charge in [0.1, 0.15) is 5.60 Å².